The number of carbonyl (C=O) groups excluding carboxylic acids is 1. The number of piperidine rings is 1. The van der Waals surface area contributed by atoms with Crippen molar-refractivity contribution in [3.8, 4) is 0 Å². The Balaban J connectivity index is 1.95. The summed E-state index contributed by atoms with van der Waals surface area (Å²) in [6, 6.07) is 10.3. The first kappa shape index (κ1) is 18.0. The summed E-state index contributed by atoms with van der Waals surface area (Å²) in [6.45, 7) is 8.86. The van der Waals surface area contributed by atoms with E-state index in [1.807, 2.05) is 30.0 Å². The second-order valence-electron chi connectivity index (χ2n) is 6.98. The van der Waals surface area contributed by atoms with Crippen molar-refractivity contribution in [2.75, 3.05) is 19.6 Å². The standard InChI is InChI=1S/C19H30N2O2/c1-15(2)21(12-17-8-5-4-6-9-17)19(23)14-20-11-7-10-18(13-20)16(3)22/h4-6,8-9,15-16,18,22H,7,10-14H2,1-3H3. The maximum absolute atomic E-state index is 12.8. The molecular weight excluding hydrogens is 288 g/mol. The van der Waals surface area contributed by atoms with Crippen molar-refractivity contribution in [1.82, 2.24) is 9.80 Å². The Morgan fingerprint density at radius 3 is 2.61 bits per heavy atom. The topological polar surface area (TPSA) is 43.8 Å². The minimum absolute atomic E-state index is 0.176. The molecule has 1 aromatic rings. The van der Waals surface area contributed by atoms with Crippen LogP contribution < -0.4 is 0 Å². The van der Waals surface area contributed by atoms with Gasteiger partial charge in [0, 0.05) is 19.1 Å². The van der Waals surface area contributed by atoms with Crippen LogP contribution in [0.15, 0.2) is 30.3 Å². The van der Waals surface area contributed by atoms with Gasteiger partial charge in [0.1, 0.15) is 0 Å². The van der Waals surface area contributed by atoms with Gasteiger partial charge in [0.15, 0.2) is 0 Å². The van der Waals surface area contributed by atoms with Gasteiger partial charge in [-0.15, -0.1) is 0 Å². The normalized spacial score (nSPS) is 20.5. The van der Waals surface area contributed by atoms with Crippen LogP contribution >= 0.6 is 0 Å². The molecule has 1 heterocycles. The van der Waals surface area contributed by atoms with Gasteiger partial charge in [-0.3, -0.25) is 9.69 Å². The Kier molecular flexibility index (Phi) is 6.60. The number of rotatable bonds is 6. The van der Waals surface area contributed by atoms with E-state index in [9.17, 15) is 9.90 Å². The molecule has 0 spiro atoms. The van der Waals surface area contributed by atoms with Crippen molar-refractivity contribution in [3.63, 3.8) is 0 Å². The fourth-order valence-corrected chi connectivity index (χ4v) is 3.25. The number of hydrogen-bond donors (Lipinski definition) is 1. The number of benzene rings is 1. The van der Waals surface area contributed by atoms with E-state index in [4.69, 9.17) is 0 Å². The van der Waals surface area contributed by atoms with Crippen LogP contribution in [0.5, 0.6) is 0 Å². The largest absolute Gasteiger partial charge is 0.393 e. The molecule has 2 atom stereocenters. The predicted molar refractivity (Wildman–Crippen MR) is 93.0 cm³/mol. The first-order valence-electron chi connectivity index (χ1n) is 8.71. The van der Waals surface area contributed by atoms with Gasteiger partial charge in [-0.2, -0.15) is 0 Å². The maximum atomic E-state index is 12.8. The van der Waals surface area contributed by atoms with Gasteiger partial charge in [-0.25, -0.2) is 0 Å². The molecule has 128 valence electrons. The molecule has 0 bridgehead atoms. The van der Waals surface area contributed by atoms with Crippen LogP contribution in [0.2, 0.25) is 0 Å². The van der Waals surface area contributed by atoms with E-state index >= 15 is 0 Å². The lowest BCUT2D eigenvalue weighted by molar-refractivity contribution is -0.135. The number of nitrogens with zero attached hydrogens (tertiary/aromatic N) is 2. The summed E-state index contributed by atoms with van der Waals surface area (Å²) in [6.07, 6.45) is 1.82. The van der Waals surface area contributed by atoms with Crippen LogP contribution in [0.25, 0.3) is 0 Å². The fraction of sp³-hybridized carbons (Fsp3) is 0.632. The third-order valence-electron chi connectivity index (χ3n) is 4.72. The van der Waals surface area contributed by atoms with Crippen molar-refractivity contribution < 1.29 is 9.90 Å². The van der Waals surface area contributed by atoms with Gasteiger partial charge in [0.25, 0.3) is 0 Å². The summed E-state index contributed by atoms with van der Waals surface area (Å²) < 4.78 is 0. The molecule has 4 heteroatoms. The highest BCUT2D eigenvalue weighted by atomic mass is 16.3. The zero-order chi connectivity index (χ0) is 16.8. The minimum atomic E-state index is -0.293. The van der Waals surface area contributed by atoms with E-state index in [-0.39, 0.29) is 24.0 Å². The zero-order valence-electron chi connectivity index (χ0n) is 14.6. The summed E-state index contributed by atoms with van der Waals surface area (Å²) in [7, 11) is 0. The van der Waals surface area contributed by atoms with Gasteiger partial charge >= 0.3 is 0 Å². The van der Waals surface area contributed by atoms with Crippen molar-refractivity contribution in [1.29, 1.82) is 0 Å². The molecule has 0 radical (unpaired) electrons. The highest BCUT2D eigenvalue weighted by Gasteiger charge is 2.26. The van der Waals surface area contributed by atoms with Crippen molar-refractivity contribution in [2.45, 2.75) is 52.3 Å². The van der Waals surface area contributed by atoms with Gasteiger partial charge in [0.2, 0.25) is 5.91 Å². The van der Waals surface area contributed by atoms with Crippen LogP contribution in [0, 0.1) is 5.92 Å². The molecule has 23 heavy (non-hydrogen) atoms. The molecule has 2 unspecified atom stereocenters. The van der Waals surface area contributed by atoms with Crippen LogP contribution in [-0.4, -0.2) is 52.6 Å². The van der Waals surface area contributed by atoms with Gasteiger partial charge in [-0.1, -0.05) is 30.3 Å². The van der Waals surface area contributed by atoms with E-state index in [0.717, 1.165) is 31.5 Å². The van der Waals surface area contributed by atoms with E-state index in [1.165, 1.54) is 0 Å². The number of carbonyl (C=O) groups is 1. The molecule has 1 amide bonds. The minimum Gasteiger partial charge on any atom is -0.393 e. The number of aliphatic hydroxyl groups excluding tert-OH is 1. The average molecular weight is 318 g/mol. The van der Waals surface area contributed by atoms with E-state index in [0.29, 0.717) is 13.1 Å². The number of aliphatic hydroxyl groups is 1. The number of hydrogen-bond acceptors (Lipinski definition) is 3. The lowest BCUT2D eigenvalue weighted by atomic mass is 9.93. The third kappa shape index (κ3) is 5.33. The number of amides is 1. The molecule has 1 N–H and O–H groups in total. The monoisotopic (exact) mass is 318 g/mol. The predicted octanol–water partition coefficient (Wildman–Crippen LogP) is 2.52. The SMILES string of the molecule is CC(O)C1CCCN(CC(=O)N(Cc2ccccc2)C(C)C)C1. The summed E-state index contributed by atoms with van der Waals surface area (Å²) in [5.74, 6) is 0.466. The molecule has 1 fully saturated rings. The van der Waals surface area contributed by atoms with Crippen LogP contribution in [0.4, 0.5) is 0 Å². The second kappa shape index (κ2) is 8.46. The summed E-state index contributed by atoms with van der Waals surface area (Å²) in [4.78, 5) is 16.9. The van der Waals surface area contributed by atoms with Gasteiger partial charge in [-0.05, 0) is 51.6 Å². The van der Waals surface area contributed by atoms with E-state index in [2.05, 4.69) is 30.9 Å². The molecule has 0 aromatic heterocycles. The van der Waals surface area contributed by atoms with E-state index in [1.54, 1.807) is 0 Å². The van der Waals surface area contributed by atoms with Crippen LogP contribution in [-0.2, 0) is 11.3 Å². The Hall–Kier alpha value is -1.39. The first-order chi connectivity index (χ1) is 11.0. The third-order valence-corrected chi connectivity index (χ3v) is 4.72. The van der Waals surface area contributed by atoms with Crippen molar-refractivity contribution in [3.05, 3.63) is 35.9 Å². The molecule has 1 saturated heterocycles. The van der Waals surface area contributed by atoms with Gasteiger partial charge < -0.3 is 10.0 Å². The first-order valence-corrected chi connectivity index (χ1v) is 8.71. The summed E-state index contributed by atoms with van der Waals surface area (Å²) in [5.41, 5.74) is 1.16. The van der Waals surface area contributed by atoms with E-state index < -0.39 is 0 Å². The maximum Gasteiger partial charge on any atom is 0.237 e. The number of likely N-dealkylation sites (tertiary alicyclic amines) is 1. The molecule has 2 rings (SSSR count). The Bertz CT molecular complexity index is 487. The molecule has 4 nitrogen and oxygen atoms in total. The molecule has 0 saturated carbocycles. The van der Waals surface area contributed by atoms with Crippen molar-refractivity contribution in [2.24, 2.45) is 5.92 Å². The highest BCUT2D eigenvalue weighted by Crippen LogP contribution is 2.20. The Labute approximate surface area is 140 Å². The lowest BCUT2D eigenvalue weighted by Crippen LogP contribution is -2.47. The molecule has 1 aromatic carbocycles. The highest BCUT2D eigenvalue weighted by molar-refractivity contribution is 5.78. The van der Waals surface area contributed by atoms with Crippen molar-refractivity contribution >= 4 is 5.91 Å². The zero-order valence-corrected chi connectivity index (χ0v) is 14.6. The van der Waals surface area contributed by atoms with Crippen LogP contribution in [0.3, 0.4) is 0 Å². The second-order valence-corrected chi connectivity index (χ2v) is 6.98. The smallest absolute Gasteiger partial charge is 0.237 e. The summed E-state index contributed by atoms with van der Waals surface area (Å²) >= 11 is 0. The molecule has 0 aliphatic carbocycles. The van der Waals surface area contributed by atoms with Crippen LogP contribution in [0.1, 0.15) is 39.2 Å². The average Bonchev–Trinajstić information content (AvgIpc) is 2.53. The molecule has 1 aliphatic heterocycles. The lowest BCUT2D eigenvalue weighted by Gasteiger charge is -2.36. The molecular formula is C19H30N2O2. The Morgan fingerprint density at radius 1 is 1.30 bits per heavy atom. The molecule has 1 aliphatic rings. The Morgan fingerprint density at radius 2 is 2.00 bits per heavy atom. The van der Waals surface area contributed by atoms with Gasteiger partial charge in [0.05, 0.1) is 12.6 Å². The quantitative estimate of drug-likeness (QED) is 0.876. The fourth-order valence-electron chi connectivity index (χ4n) is 3.25. The summed E-state index contributed by atoms with van der Waals surface area (Å²) in [5, 5.41) is 9.80.